The van der Waals surface area contributed by atoms with Crippen molar-refractivity contribution in [1.29, 1.82) is 0 Å². The molecule has 8 nitrogen and oxygen atoms in total. The lowest BCUT2D eigenvalue weighted by atomic mass is 9.99. The van der Waals surface area contributed by atoms with Crippen LogP contribution in [0.5, 0.6) is 0 Å². The Morgan fingerprint density at radius 1 is 1.08 bits per heavy atom. The first kappa shape index (κ1) is 29.6. The molecule has 11 heteroatoms. The van der Waals surface area contributed by atoms with Gasteiger partial charge in [-0.3, -0.25) is 9.36 Å². The van der Waals surface area contributed by atoms with Gasteiger partial charge in [-0.2, -0.15) is 9.61 Å². The zero-order valence-electron chi connectivity index (χ0n) is 21.5. The van der Waals surface area contributed by atoms with E-state index in [-0.39, 0.29) is 42.1 Å². The second kappa shape index (κ2) is 12.8. The van der Waals surface area contributed by atoms with Crippen molar-refractivity contribution in [3.63, 3.8) is 0 Å². The van der Waals surface area contributed by atoms with Crippen LogP contribution < -0.4 is 11.4 Å². The molecule has 202 valence electrons. The number of hydrogen-bond donors (Lipinski definition) is 1. The van der Waals surface area contributed by atoms with Crippen LogP contribution in [0.25, 0.3) is 5.65 Å². The Labute approximate surface area is 237 Å². The Morgan fingerprint density at radius 3 is 2.34 bits per heavy atom. The van der Waals surface area contributed by atoms with Crippen molar-refractivity contribution in [2.24, 2.45) is 11.7 Å². The third kappa shape index (κ3) is 6.04. The second-order valence-corrected chi connectivity index (χ2v) is 10.1. The zero-order chi connectivity index (χ0) is 26.7. The minimum absolute atomic E-state index is 0. The van der Waals surface area contributed by atoms with Gasteiger partial charge in [0.2, 0.25) is 0 Å². The molecule has 0 spiro atoms. The average molecular weight is 578 g/mol. The molecule has 0 saturated carbocycles. The minimum atomic E-state index is -0.539. The second-order valence-electron chi connectivity index (χ2n) is 9.30. The highest BCUT2D eigenvalue weighted by Gasteiger charge is 2.33. The maximum absolute atomic E-state index is 13.9. The van der Waals surface area contributed by atoms with E-state index >= 15 is 0 Å². The summed E-state index contributed by atoms with van der Waals surface area (Å²) in [7, 11) is 0. The number of halogens is 3. The Hall–Kier alpha value is -2.91. The van der Waals surface area contributed by atoms with Gasteiger partial charge in [-0.1, -0.05) is 67.4 Å². The van der Waals surface area contributed by atoms with Crippen LogP contribution in [0.15, 0.2) is 59.4 Å². The minimum Gasteiger partial charge on any atom is -0.330 e. The Bertz CT molecular complexity index is 1450. The number of carbonyl (C=O) groups excluding carboxylic acids is 1. The predicted octanol–water partition coefficient (Wildman–Crippen LogP) is 5.16. The number of hydrogen-bond acceptors (Lipinski definition) is 5. The summed E-state index contributed by atoms with van der Waals surface area (Å²) in [5.41, 5.74) is 7.66. The fraction of sp³-hybridized carbons (Fsp3) is 0.333. The fourth-order valence-corrected chi connectivity index (χ4v) is 4.72. The van der Waals surface area contributed by atoms with Gasteiger partial charge < -0.3 is 10.6 Å². The van der Waals surface area contributed by atoms with E-state index in [0.29, 0.717) is 46.6 Å². The Morgan fingerprint density at radius 2 is 1.74 bits per heavy atom. The van der Waals surface area contributed by atoms with Gasteiger partial charge in [0.1, 0.15) is 10.8 Å². The van der Waals surface area contributed by atoms with Gasteiger partial charge in [0.15, 0.2) is 5.65 Å². The number of nitrogens with two attached hydrogens (primary N) is 1. The van der Waals surface area contributed by atoms with Crippen LogP contribution >= 0.6 is 35.6 Å². The molecule has 0 aliphatic rings. The number of benzene rings is 2. The first-order chi connectivity index (χ1) is 17.7. The summed E-state index contributed by atoms with van der Waals surface area (Å²) in [5.74, 6) is 0.158. The molecule has 4 aromatic rings. The number of rotatable bonds is 9. The van der Waals surface area contributed by atoms with E-state index < -0.39 is 6.04 Å². The number of carbonyl (C=O) groups is 1. The topological polar surface area (TPSA) is 98.5 Å². The molecule has 2 N–H and O–H groups in total. The number of amides is 1. The molecule has 1 amide bonds. The number of nitrogens with zero attached hydrogens (tertiary/aromatic N) is 5. The molecule has 0 aliphatic heterocycles. The summed E-state index contributed by atoms with van der Waals surface area (Å²) in [6.45, 7) is 6.79. The Kier molecular flexibility index (Phi) is 9.95. The van der Waals surface area contributed by atoms with Crippen molar-refractivity contribution in [2.45, 2.75) is 39.8 Å². The highest BCUT2D eigenvalue weighted by atomic mass is 35.5. The third-order valence-corrected chi connectivity index (χ3v) is 6.94. The van der Waals surface area contributed by atoms with Crippen molar-refractivity contribution >= 4 is 47.2 Å². The molecule has 0 radical (unpaired) electrons. The maximum Gasteiger partial charge on any atom is 0.352 e. The van der Waals surface area contributed by atoms with Crippen LogP contribution in [0.3, 0.4) is 0 Å². The molecule has 2 aromatic carbocycles. The van der Waals surface area contributed by atoms with Crippen molar-refractivity contribution in [2.75, 3.05) is 13.1 Å². The van der Waals surface area contributed by atoms with Crippen molar-refractivity contribution in [1.82, 2.24) is 24.1 Å². The number of aromatic nitrogens is 4. The fourth-order valence-electron chi connectivity index (χ4n) is 4.43. The third-order valence-electron chi connectivity index (χ3n) is 6.24. The summed E-state index contributed by atoms with van der Waals surface area (Å²) in [6.07, 6.45) is 0.584. The molecule has 0 aliphatic carbocycles. The van der Waals surface area contributed by atoms with Crippen LogP contribution in [0.1, 0.15) is 53.7 Å². The van der Waals surface area contributed by atoms with Gasteiger partial charge in [0.25, 0.3) is 5.91 Å². The summed E-state index contributed by atoms with van der Waals surface area (Å²) >= 11 is 12.6. The van der Waals surface area contributed by atoms with E-state index in [2.05, 4.69) is 5.10 Å². The summed E-state index contributed by atoms with van der Waals surface area (Å²) < 4.78 is 2.81. The number of aryl methyl sites for hydroxylation is 1. The van der Waals surface area contributed by atoms with Crippen LogP contribution in [-0.2, 0) is 6.54 Å². The highest BCUT2D eigenvalue weighted by molar-refractivity contribution is 6.34. The van der Waals surface area contributed by atoms with Crippen LogP contribution in [0.2, 0.25) is 10.0 Å². The van der Waals surface area contributed by atoms with E-state index in [9.17, 15) is 9.59 Å². The van der Waals surface area contributed by atoms with Gasteiger partial charge in [0, 0.05) is 17.1 Å². The van der Waals surface area contributed by atoms with E-state index in [1.54, 1.807) is 40.7 Å². The highest BCUT2D eigenvalue weighted by Crippen LogP contribution is 2.31. The normalized spacial score (nSPS) is 12.0. The van der Waals surface area contributed by atoms with Crippen LogP contribution in [0, 0.1) is 12.8 Å². The lowest BCUT2D eigenvalue weighted by Gasteiger charge is -2.35. The molecule has 1 atom stereocenters. The molecular formula is C27H31Cl3N6O2. The first-order valence-corrected chi connectivity index (χ1v) is 12.9. The Balaban J connectivity index is 0.00000400. The molecule has 0 saturated heterocycles. The summed E-state index contributed by atoms with van der Waals surface area (Å²) in [5, 5.41) is 5.18. The molecule has 38 heavy (non-hydrogen) atoms. The SMILES string of the molecule is Cc1nn2c(=O)n(Cc3ccccc3)c([C@@H](C(C)C)N(CCCN)C(=O)c3ccc(Cl)cc3)nc2c1Cl.Cl. The quantitative estimate of drug-likeness (QED) is 0.296. The van der Waals surface area contributed by atoms with Gasteiger partial charge in [-0.15, -0.1) is 12.4 Å². The molecule has 4 rings (SSSR count). The molecular weight excluding hydrogens is 547 g/mol. The summed E-state index contributed by atoms with van der Waals surface area (Å²) in [6, 6.07) is 15.9. The van der Waals surface area contributed by atoms with Gasteiger partial charge in [-0.05, 0) is 55.6 Å². The van der Waals surface area contributed by atoms with Crippen LogP contribution in [0.4, 0.5) is 0 Å². The van der Waals surface area contributed by atoms with Crippen molar-refractivity contribution in [3.05, 3.63) is 97.8 Å². The lowest BCUT2D eigenvalue weighted by Crippen LogP contribution is -2.43. The van der Waals surface area contributed by atoms with Crippen molar-refractivity contribution in [3.8, 4) is 0 Å². The van der Waals surface area contributed by atoms with E-state index in [0.717, 1.165) is 5.56 Å². The van der Waals surface area contributed by atoms with Crippen LogP contribution in [-0.4, -0.2) is 43.1 Å². The van der Waals surface area contributed by atoms with E-state index in [4.69, 9.17) is 33.9 Å². The molecule has 0 unspecified atom stereocenters. The molecule has 0 fully saturated rings. The lowest BCUT2D eigenvalue weighted by molar-refractivity contribution is 0.0601. The summed E-state index contributed by atoms with van der Waals surface area (Å²) in [4.78, 5) is 34.3. The first-order valence-electron chi connectivity index (χ1n) is 12.2. The zero-order valence-corrected chi connectivity index (χ0v) is 23.8. The smallest absolute Gasteiger partial charge is 0.330 e. The molecule has 2 aromatic heterocycles. The number of fused-ring (bicyclic) bond motifs is 1. The van der Waals surface area contributed by atoms with Gasteiger partial charge in [-0.25, -0.2) is 9.78 Å². The van der Waals surface area contributed by atoms with Gasteiger partial charge >= 0.3 is 5.69 Å². The van der Waals surface area contributed by atoms with Crippen molar-refractivity contribution < 1.29 is 4.79 Å². The van der Waals surface area contributed by atoms with E-state index in [1.165, 1.54) is 4.52 Å². The molecule has 0 bridgehead atoms. The van der Waals surface area contributed by atoms with Gasteiger partial charge in [0.05, 0.1) is 18.3 Å². The predicted molar refractivity (Wildman–Crippen MR) is 154 cm³/mol. The van der Waals surface area contributed by atoms with E-state index in [1.807, 2.05) is 44.2 Å². The largest absolute Gasteiger partial charge is 0.352 e. The maximum atomic E-state index is 13.9. The average Bonchev–Trinajstić information content (AvgIpc) is 3.17. The molecule has 2 heterocycles. The monoisotopic (exact) mass is 576 g/mol. The standard InChI is InChI=1S/C27H30Cl2N6O2.ClH/c1-17(2)23(33(15-7-14-30)26(36)20-10-12-21(28)13-11-20)25-31-24-22(29)18(3)32-35(24)27(37)34(25)16-19-8-5-4-6-9-19;/h4-6,8-13,17,23H,7,14-16,30H2,1-3H3;1H/t23-;/m1./s1.